The molecule has 0 radical (unpaired) electrons. The molecular weight excluding hydrogens is 360 g/mol. The minimum Gasteiger partial charge on any atom is -0.493 e. The zero-order valence-electron chi connectivity index (χ0n) is 14.8. The van der Waals surface area contributed by atoms with Crippen molar-refractivity contribution in [2.24, 2.45) is 0 Å². The molecule has 0 saturated carbocycles. The van der Waals surface area contributed by atoms with Gasteiger partial charge in [-0.3, -0.25) is 14.4 Å². The summed E-state index contributed by atoms with van der Waals surface area (Å²) in [4.78, 5) is 36.5. The molecule has 1 aromatic carbocycles. The molecule has 1 saturated heterocycles. The molecule has 1 aliphatic heterocycles. The molecule has 26 heavy (non-hydrogen) atoms. The number of hydrogen-bond acceptors (Lipinski definition) is 7. The molecule has 0 spiro atoms. The number of benzene rings is 1. The Morgan fingerprint density at radius 2 is 2.00 bits per heavy atom. The summed E-state index contributed by atoms with van der Waals surface area (Å²) in [6, 6.07) is 5.31. The molecule has 1 aromatic rings. The van der Waals surface area contributed by atoms with E-state index in [1.54, 1.807) is 30.2 Å². The fraction of sp³-hybridized carbons (Fsp3) is 0.471. The maximum Gasteiger partial charge on any atom is 0.308 e. The minimum absolute atomic E-state index is 0.0227. The van der Waals surface area contributed by atoms with E-state index in [9.17, 15) is 14.4 Å². The molecule has 0 unspecified atom stereocenters. The average Bonchev–Trinajstić information content (AvgIpc) is 3.07. The highest BCUT2D eigenvalue weighted by Crippen LogP contribution is 2.27. The Kier molecular flexibility index (Phi) is 7.58. The Hall–Kier alpha value is -2.42. The third-order valence-corrected chi connectivity index (χ3v) is 4.62. The largest absolute Gasteiger partial charge is 0.493 e. The van der Waals surface area contributed by atoms with Crippen molar-refractivity contribution in [3.8, 4) is 11.5 Å². The molecule has 0 bridgehead atoms. The summed E-state index contributed by atoms with van der Waals surface area (Å²) < 4.78 is 15.3. The minimum atomic E-state index is -0.504. The molecular formula is C17H22N2O6S. The summed E-state index contributed by atoms with van der Waals surface area (Å²) in [5, 5.41) is 2.64. The fourth-order valence-electron chi connectivity index (χ4n) is 2.32. The Balaban J connectivity index is 1.68. The van der Waals surface area contributed by atoms with E-state index in [0.717, 1.165) is 11.3 Å². The van der Waals surface area contributed by atoms with Crippen molar-refractivity contribution < 1.29 is 28.6 Å². The van der Waals surface area contributed by atoms with Crippen LogP contribution in [-0.4, -0.2) is 61.7 Å². The highest BCUT2D eigenvalue weighted by atomic mass is 32.2. The monoisotopic (exact) mass is 382 g/mol. The molecule has 0 aliphatic carbocycles. The number of carbonyl (C=O) groups excluding carboxylic acids is 3. The third-order valence-electron chi connectivity index (χ3n) is 3.73. The lowest BCUT2D eigenvalue weighted by Gasteiger charge is -2.13. The van der Waals surface area contributed by atoms with Gasteiger partial charge in [0.1, 0.15) is 0 Å². The van der Waals surface area contributed by atoms with Crippen LogP contribution < -0.4 is 14.8 Å². The SMILES string of the molecule is COc1ccc(CNC(=O)COC(=O)CCN2CCSC2=O)cc1OC. The highest BCUT2D eigenvalue weighted by molar-refractivity contribution is 8.13. The van der Waals surface area contributed by atoms with E-state index in [0.29, 0.717) is 24.6 Å². The van der Waals surface area contributed by atoms with Gasteiger partial charge in [0.15, 0.2) is 18.1 Å². The number of nitrogens with one attached hydrogen (secondary N) is 1. The molecule has 2 amide bonds. The van der Waals surface area contributed by atoms with Crippen LogP contribution in [0.3, 0.4) is 0 Å². The Bertz CT molecular complexity index is 667. The average molecular weight is 382 g/mol. The van der Waals surface area contributed by atoms with E-state index in [4.69, 9.17) is 14.2 Å². The highest BCUT2D eigenvalue weighted by Gasteiger charge is 2.21. The lowest BCUT2D eigenvalue weighted by atomic mass is 10.2. The van der Waals surface area contributed by atoms with Crippen molar-refractivity contribution in [3.05, 3.63) is 23.8 Å². The predicted molar refractivity (Wildman–Crippen MR) is 96.4 cm³/mol. The first-order valence-corrected chi connectivity index (χ1v) is 9.07. The van der Waals surface area contributed by atoms with Crippen molar-refractivity contribution in [2.45, 2.75) is 13.0 Å². The summed E-state index contributed by atoms with van der Waals surface area (Å²) in [5.74, 6) is 1.01. The Morgan fingerprint density at radius 3 is 2.65 bits per heavy atom. The second-order valence-corrected chi connectivity index (χ2v) is 6.52. The van der Waals surface area contributed by atoms with Crippen molar-refractivity contribution >= 4 is 28.9 Å². The second-order valence-electron chi connectivity index (χ2n) is 5.48. The zero-order valence-corrected chi connectivity index (χ0v) is 15.6. The van der Waals surface area contributed by atoms with Crippen molar-refractivity contribution in [1.29, 1.82) is 0 Å². The van der Waals surface area contributed by atoms with Gasteiger partial charge in [-0.25, -0.2) is 0 Å². The van der Waals surface area contributed by atoms with Gasteiger partial charge in [0.25, 0.3) is 11.1 Å². The smallest absolute Gasteiger partial charge is 0.308 e. The summed E-state index contributed by atoms with van der Waals surface area (Å²) in [6.07, 6.45) is 0.0786. The van der Waals surface area contributed by atoms with Crippen LogP contribution in [0.1, 0.15) is 12.0 Å². The molecule has 1 fully saturated rings. The van der Waals surface area contributed by atoms with Crippen molar-refractivity contribution in [3.63, 3.8) is 0 Å². The molecule has 1 aliphatic rings. The van der Waals surface area contributed by atoms with E-state index in [-0.39, 0.29) is 24.8 Å². The normalized spacial score (nSPS) is 13.5. The lowest BCUT2D eigenvalue weighted by Crippen LogP contribution is -2.30. The number of thioether (sulfide) groups is 1. The molecule has 0 aromatic heterocycles. The van der Waals surface area contributed by atoms with E-state index < -0.39 is 11.9 Å². The number of methoxy groups -OCH3 is 2. The fourth-order valence-corrected chi connectivity index (χ4v) is 3.17. The summed E-state index contributed by atoms with van der Waals surface area (Å²) >= 11 is 1.24. The van der Waals surface area contributed by atoms with Crippen LogP contribution in [0, 0.1) is 0 Å². The van der Waals surface area contributed by atoms with E-state index in [1.807, 2.05) is 0 Å². The summed E-state index contributed by atoms with van der Waals surface area (Å²) in [6.45, 7) is 0.881. The number of nitrogens with zero attached hydrogens (tertiary/aromatic N) is 1. The molecule has 9 heteroatoms. The number of esters is 1. The first-order chi connectivity index (χ1) is 12.5. The Labute approximate surface area is 156 Å². The molecule has 1 N–H and O–H groups in total. The van der Waals surface area contributed by atoms with Crippen molar-refractivity contribution in [1.82, 2.24) is 10.2 Å². The van der Waals surface area contributed by atoms with Gasteiger partial charge >= 0.3 is 5.97 Å². The van der Waals surface area contributed by atoms with Gasteiger partial charge < -0.3 is 24.4 Å². The van der Waals surface area contributed by atoms with E-state index in [1.165, 1.54) is 18.9 Å². The number of ether oxygens (including phenoxy) is 3. The van der Waals surface area contributed by atoms with Gasteiger partial charge in [-0.1, -0.05) is 17.8 Å². The summed E-state index contributed by atoms with van der Waals surface area (Å²) in [5.41, 5.74) is 0.826. The first kappa shape index (κ1) is 19.9. The number of rotatable bonds is 9. The van der Waals surface area contributed by atoms with Crippen LogP contribution in [0.15, 0.2) is 18.2 Å². The summed E-state index contributed by atoms with van der Waals surface area (Å²) in [7, 11) is 3.08. The third kappa shape index (κ3) is 5.83. The predicted octanol–water partition coefficient (Wildman–Crippen LogP) is 1.42. The maximum atomic E-state index is 11.8. The molecule has 142 valence electrons. The van der Waals surface area contributed by atoms with Crippen LogP contribution in [0.25, 0.3) is 0 Å². The first-order valence-electron chi connectivity index (χ1n) is 8.08. The molecule has 2 rings (SSSR count). The van der Waals surface area contributed by atoms with Gasteiger partial charge in [-0.2, -0.15) is 0 Å². The molecule has 0 atom stereocenters. The van der Waals surface area contributed by atoms with E-state index in [2.05, 4.69) is 5.32 Å². The number of carbonyl (C=O) groups is 3. The van der Waals surface area contributed by atoms with Crippen LogP contribution in [0.4, 0.5) is 4.79 Å². The number of hydrogen-bond donors (Lipinski definition) is 1. The van der Waals surface area contributed by atoms with Crippen LogP contribution >= 0.6 is 11.8 Å². The number of amides is 2. The maximum absolute atomic E-state index is 11.8. The van der Waals surface area contributed by atoms with Gasteiger partial charge in [0.05, 0.1) is 20.6 Å². The van der Waals surface area contributed by atoms with Gasteiger partial charge in [0.2, 0.25) is 0 Å². The van der Waals surface area contributed by atoms with Gasteiger partial charge in [-0.15, -0.1) is 0 Å². The zero-order chi connectivity index (χ0) is 18.9. The van der Waals surface area contributed by atoms with Crippen LogP contribution in [0.2, 0.25) is 0 Å². The standard InChI is InChI=1S/C17H22N2O6S/c1-23-13-4-3-12(9-14(13)24-2)10-18-15(20)11-25-16(21)5-6-19-7-8-26-17(19)22/h3-4,9H,5-8,10-11H2,1-2H3,(H,18,20). The molecule has 8 nitrogen and oxygen atoms in total. The van der Waals surface area contributed by atoms with Gasteiger partial charge in [0, 0.05) is 25.4 Å². The van der Waals surface area contributed by atoms with Crippen LogP contribution in [-0.2, 0) is 20.9 Å². The molecule has 1 heterocycles. The van der Waals surface area contributed by atoms with Crippen LogP contribution in [0.5, 0.6) is 11.5 Å². The topological polar surface area (TPSA) is 94.2 Å². The van der Waals surface area contributed by atoms with Gasteiger partial charge in [-0.05, 0) is 17.7 Å². The quantitative estimate of drug-likeness (QED) is 0.646. The Morgan fingerprint density at radius 1 is 1.23 bits per heavy atom. The van der Waals surface area contributed by atoms with E-state index >= 15 is 0 Å². The van der Waals surface area contributed by atoms with Crippen molar-refractivity contribution in [2.75, 3.05) is 39.7 Å². The second kappa shape index (κ2) is 9.91. The lowest BCUT2D eigenvalue weighted by molar-refractivity contribution is -0.148.